The fourth-order valence-electron chi connectivity index (χ4n) is 3.13. The minimum absolute atomic E-state index is 0.185. The lowest BCUT2D eigenvalue weighted by atomic mass is 9.95. The van der Waals surface area contributed by atoms with Crippen LogP contribution in [0.25, 0.3) is 11.1 Å². The highest BCUT2D eigenvalue weighted by Crippen LogP contribution is 2.34. The van der Waals surface area contributed by atoms with Crippen LogP contribution in [0.5, 0.6) is 0 Å². The van der Waals surface area contributed by atoms with Crippen LogP contribution in [0.2, 0.25) is 0 Å². The minimum Gasteiger partial charge on any atom is -0.381 e. The lowest BCUT2D eigenvalue weighted by Crippen LogP contribution is -2.17. The van der Waals surface area contributed by atoms with E-state index in [9.17, 15) is 4.79 Å². The highest BCUT2D eigenvalue weighted by molar-refractivity contribution is 5.89. The van der Waals surface area contributed by atoms with Gasteiger partial charge in [-0.1, -0.05) is 56.3 Å². The third kappa shape index (κ3) is 2.92. The molecule has 0 aromatic heterocycles. The molecular weight excluding hydrogens is 270 g/mol. The summed E-state index contributed by atoms with van der Waals surface area (Å²) >= 11 is 0. The van der Waals surface area contributed by atoms with Crippen molar-refractivity contribution < 1.29 is 4.79 Å². The lowest BCUT2D eigenvalue weighted by molar-refractivity contribution is -0.118. The molecule has 0 fully saturated rings. The first-order chi connectivity index (χ1) is 10.5. The number of hydrogen-bond acceptors (Lipinski definition) is 2. The standard InChI is InChI=1S/C20H23NO/c1-13(2)15-7-9-16(10-8-15)19-6-4-5-17-12-18(22)11-14(3)21-20(17)19/h4-10,13-14,21H,11-12H2,1-3H3/t14-/m1/s1. The molecule has 0 spiro atoms. The molecule has 1 aliphatic heterocycles. The van der Waals surface area contributed by atoms with Crippen LogP contribution in [-0.4, -0.2) is 11.8 Å². The van der Waals surface area contributed by atoms with Crippen LogP contribution in [0.3, 0.4) is 0 Å². The van der Waals surface area contributed by atoms with Gasteiger partial charge in [0, 0.05) is 30.1 Å². The van der Waals surface area contributed by atoms with Gasteiger partial charge in [0.15, 0.2) is 0 Å². The Balaban J connectivity index is 2.05. The van der Waals surface area contributed by atoms with Crippen LogP contribution in [0.1, 0.15) is 44.2 Å². The van der Waals surface area contributed by atoms with E-state index >= 15 is 0 Å². The van der Waals surface area contributed by atoms with Gasteiger partial charge in [0.2, 0.25) is 0 Å². The summed E-state index contributed by atoms with van der Waals surface area (Å²) in [6.45, 7) is 6.49. The molecule has 0 unspecified atom stereocenters. The summed E-state index contributed by atoms with van der Waals surface area (Å²) in [6, 6.07) is 15.2. The normalized spacial score (nSPS) is 17.8. The number of benzene rings is 2. The van der Waals surface area contributed by atoms with Crippen LogP contribution in [0.4, 0.5) is 5.69 Å². The zero-order valence-corrected chi connectivity index (χ0v) is 13.5. The Bertz CT molecular complexity index is 685. The van der Waals surface area contributed by atoms with E-state index in [-0.39, 0.29) is 6.04 Å². The largest absolute Gasteiger partial charge is 0.381 e. The highest BCUT2D eigenvalue weighted by Gasteiger charge is 2.20. The van der Waals surface area contributed by atoms with Crippen molar-refractivity contribution in [1.29, 1.82) is 0 Å². The molecule has 2 aromatic carbocycles. The molecule has 0 saturated heterocycles. The first-order valence-electron chi connectivity index (χ1n) is 8.05. The average Bonchev–Trinajstić information content (AvgIpc) is 2.63. The van der Waals surface area contributed by atoms with Crippen molar-refractivity contribution in [3.63, 3.8) is 0 Å². The van der Waals surface area contributed by atoms with Gasteiger partial charge < -0.3 is 5.32 Å². The molecule has 22 heavy (non-hydrogen) atoms. The second-order valence-corrected chi connectivity index (χ2v) is 6.58. The van der Waals surface area contributed by atoms with E-state index in [4.69, 9.17) is 0 Å². The number of ketones is 1. The van der Waals surface area contributed by atoms with Gasteiger partial charge in [-0.2, -0.15) is 0 Å². The predicted octanol–water partition coefficient (Wildman–Crippen LogP) is 4.79. The number of carbonyl (C=O) groups excluding carboxylic acids is 1. The Labute approximate surface area is 132 Å². The van der Waals surface area contributed by atoms with Crippen LogP contribution in [-0.2, 0) is 11.2 Å². The molecule has 0 aliphatic carbocycles. The number of Topliss-reactive ketones (excluding diaryl/α,β-unsaturated/α-hetero) is 1. The second kappa shape index (κ2) is 5.96. The lowest BCUT2D eigenvalue weighted by Gasteiger charge is -2.17. The maximum Gasteiger partial charge on any atom is 0.139 e. The number of fused-ring (bicyclic) bond motifs is 1. The van der Waals surface area contributed by atoms with Crippen molar-refractivity contribution >= 4 is 11.5 Å². The molecule has 1 N–H and O–H groups in total. The molecule has 0 radical (unpaired) electrons. The van der Waals surface area contributed by atoms with Gasteiger partial charge >= 0.3 is 0 Å². The third-order valence-electron chi connectivity index (χ3n) is 4.35. The number of para-hydroxylation sites is 1. The fourth-order valence-corrected chi connectivity index (χ4v) is 3.13. The van der Waals surface area contributed by atoms with E-state index < -0.39 is 0 Å². The topological polar surface area (TPSA) is 29.1 Å². The Morgan fingerprint density at radius 3 is 2.50 bits per heavy atom. The average molecular weight is 293 g/mol. The summed E-state index contributed by atoms with van der Waals surface area (Å²) < 4.78 is 0. The number of rotatable bonds is 2. The van der Waals surface area contributed by atoms with Crippen molar-refractivity contribution in [2.75, 3.05) is 5.32 Å². The van der Waals surface area contributed by atoms with E-state index in [0.29, 0.717) is 24.5 Å². The Morgan fingerprint density at radius 2 is 1.82 bits per heavy atom. The molecule has 1 aliphatic rings. The molecular formula is C20H23NO. The zero-order chi connectivity index (χ0) is 15.7. The Morgan fingerprint density at radius 1 is 1.09 bits per heavy atom. The summed E-state index contributed by atoms with van der Waals surface area (Å²) in [5, 5.41) is 3.54. The molecule has 2 heteroatoms. The van der Waals surface area contributed by atoms with Crippen LogP contribution < -0.4 is 5.32 Å². The summed E-state index contributed by atoms with van der Waals surface area (Å²) in [4.78, 5) is 12.0. The van der Waals surface area contributed by atoms with E-state index in [2.05, 4.69) is 68.6 Å². The van der Waals surface area contributed by atoms with E-state index in [1.54, 1.807) is 0 Å². The highest BCUT2D eigenvalue weighted by atomic mass is 16.1. The van der Waals surface area contributed by atoms with Gasteiger partial charge in [-0.15, -0.1) is 0 Å². The molecule has 3 rings (SSSR count). The van der Waals surface area contributed by atoms with Crippen LogP contribution in [0.15, 0.2) is 42.5 Å². The first-order valence-corrected chi connectivity index (χ1v) is 8.05. The SMILES string of the molecule is CC(C)c1ccc(-c2cccc3c2N[C@H](C)CC(=O)C3)cc1. The Hall–Kier alpha value is -2.09. The predicted molar refractivity (Wildman–Crippen MR) is 92.4 cm³/mol. The van der Waals surface area contributed by atoms with Crippen molar-refractivity contribution in [1.82, 2.24) is 0 Å². The van der Waals surface area contributed by atoms with Crippen LogP contribution >= 0.6 is 0 Å². The van der Waals surface area contributed by atoms with E-state index in [0.717, 1.165) is 11.3 Å². The Kier molecular flexibility index (Phi) is 4.02. The van der Waals surface area contributed by atoms with E-state index in [1.165, 1.54) is 16.7 Å². The van der Waals surface area contributed by atoms with Gasteiger partial charge in [0.1, 0.15) is 5.78 Å². The van der Waals surface area contributed by atoms with Gasteiger partial charge in [-0.05, 0) is 29.5 Å². The quantitative estimate of drug-likeness (QED) is 0.862. The third-order valence-corrected chi connectivity index (χ3v) is 4.35. The van der Waals surface area contributed by atoms with E-state index in [1.807, 2.05) is 0 Å². The van der Waals surface area contributed by atoms with Crippen molar-refractivity contribution in [3.05, 3.63) is 53.6 Å². The number of nitrogens with one attached hydrogen (secondary N) is 1. The second-order valence-electron chi connectivity index (χ2n) is 6.58. The summed E-state index contributed by atoms with van der Waals surface area (Å²) in [7, 11) is 0. The van der Waals surface area contributed by atoms with Crippen molar-refractivity contribution in [2.45, 2.75) is 45.6 Å². The number of anilines is 1. The monoisotopic (exact) mass is 293 g/mol. The molecule has 0 amide bonds. The van der Waals surface area contributed by atoms with Crippen molar-refractivity contribution in [2.24, 2.45) is 0 Å². The van der Waals surface area contributed by atoms with Gasteiger partial charge in [0.05, 0.1) is 0 Å². The summed E-state index contributed by atoms with van der Waals surface area (Å²) in [5.41, 5.74) is 5.98. The maximum absolute atomic E-state index is 12.0. The molecule has 0 bridgehead atoms. The summed E-state index contributed by atoms with van der Waals surface area (Å²) in [6.07, 6.45) is 1.13. The zero-order valence-electron chi connectivity index (χ0n) is 13.5. The number of hydrogen-bond donors (Lipinski definition) is 1. The molecule has 2 nitrogen and oxygen atoms in total. The maximum atomic E-state index is 12.0. The summed E-state index contributed by atoms with van der Waals surface area (Å²) in [5.74, 6) is 0.851. The molecule has 1 atom stereocenters. The first kappa shape index (κ1) is 14.8. The molecule has 0 saturated carbocycles. The smallest absolute Gasteiger partial charge is 0.139 e. The van der Waals surface area contributed by atoms with Gasteiger partial charge in [0.25, 0.3) is 0 Å². The van der Waals surface area contributed by atoms with Gasteiger partial charge in [-0.25, -0.2) is 0 Å². The van der Waals surface area contributed by atoms with Gasteiger partial charge in [-0.3, -0.25) is 4.79 Å². The van der Waals surface area contributed by atoms with Crippen LogP contribution in [0, 0.1) is 0 Å². The molecule has 114 valence electrons. The molecule has 2 aromatic rings. The number of carbonyl (C=O) groups is 1. The molecule has 1 heterocycles. The fraction of sp³-hybridized carbons (Fsp3) is 0.350. The minimum atomic E-state index is 0.185. The van der Waals surface area contributed by atoms with Crippen molar-refractivity contribution in [3.8, 4) is 11.1 Å².